The van der Waals surface area contributed by atoms with Crippen molar-refractivity contribution >= 4 is 33.2 Å². The summed E-state index contributed by atoms with van der Waals surface area (Å²) in [5.41, 5.74) is -0.0123. The summed E-state index contributed by atoms with van der Waals surface area (Å²) in [4.78, 5) is 16.4. The molecule has 2 aliphatic heterocycles. The predicted octanol–water partition coefficient (Wildman–Crippen LogP) is 2.43. The van der Waals surface area contributed by atoms with Crippen molar-refractivity contribution in [1.29, 1.82) is 0 Å². The maximum absolute atomic E-state index is 12.9. The maximum Gasteiger partial charge on any atom is 0.573 e. The molecule has 1 aromatic heterocycles. The first-order valence-corrected chi connectivity index (χ1v) is 12.6. The molecule has 2 fully saturated rings. The Morgan fingerprint density at radius 3 is 2.65 bits per heavy atom. The lowest BCUT2D eigenvalue weighted by molar-refractivity contribution is -0.274. The average Bonchev–Trinajstić information content (AvgIpc) is 3.33. The molecular weight excluding hydrogens is 517 g/mol. The van der Waals surface area contributed by atoms with Crippen LogP contribution < -0.4 is 20.3 Å². The van der Waals surface area contributed by atoms with E-state index < -0.39 is 24.2 Å². The number of rotatable bonds is 9. The number of carbonyl (C=O) groups excluding carboxylic acids is 1. The Labute approximate surface area is 215 Å². The van der Waals surface area contributed by atoms with Gasteiger partial charge in [-0.05, 0) is 25.0 Å². The van der Waals surface area contributed by atoms with E-state index in [9.17, 15) is 23.1 Å². The van der Waals surface area contributed by atoms with Crippen molar-refractivity contribution < 1.29 is 37.3 Å². The van der Waals surface area contributed by atoms with E-state index in [-0.39, 0.29) is 23.9 Å². The minimum Gasteiger partial charge on any atom is -0.404 e. The fourth-order valence-electron chi connectivity index (χ4n) is 4.07. The Bertz CT molecular complexity index is 1040. The zero-order chi connectivity index (χ0) is 26.4. The van der Waals surface area contributed by atoms with E-state index in [0.29, 0.717) is 36.6 Å². The molecule has 0 aliphatic carbocycles. The highest BCUT2D eigenvalue weighted by molar-refractivity contribution is 7.19. The molecule has 11 nitrogen and oxygen atoms in total. The van der Waals surface area contributed by atoms with Crippen LogP contribution in [-0.2, 0) is 14.3 Å². The van der Waals surface area contributed by atoms with Gasteiger partial charge in [0.2, 0.25) is 16.2 Å². The summed E-state index contributed by atoms with van der Waals surface area (Å²) in [6.45, 7) is 3.54. The van der Waals surface area contributed by atoms with Gasteiger partial charge in [0.15, 0.2) is 12.0 Å². The van der Waals surface area contributed by atoms with E-state index >= 15 is 0 Å². The van der Waals surface area contributed by atoms with Crippen LogP contribution >= 0.6 is 11.3 Å². The third kappa shape index (κ3) is 7.88. The number of anilines is 3. The monoisotopic (exact) mass is 546 g/mol. The number of hydrogen-bond acceptors (Lipinski definition) is 11. The van der Waals surface area contributed by atoms with Gasteiger partial charge in [0.25, 0.3) is 0 Å². The fraction of sp³-hybridized carbons (Fsp3) is 0.591. The zero-order valence-electron chi connectivity index (χ0n) is 20.2. The van der Waals surface area contributed by atoms with Gasteiger partial charge in [-0.1, -0.05) is 17.4 Å². The highest BCUT2D eigenvalue weighted by atomic mass is 32.1. The van der Waals surface area contributed by atoms with E-state index in [0.717, 1.165) is 32.0 Å². The highest BCUT2D eigenvalue weighted by Crippen LogP contribution is 2.34. The lowest BCUT2D eigenvalue weighted by Gasteiger charge is -2.30. The number of aromatic nitrogens is 2. The molecule has 3 heterocycles. The number of aliphatic hydroxyl groups excluding tert-OH is 1. The summed E-state index contributed by atoms with van der Waals surface area (Å²) in [6.07, 6.45) is -4.32. The number of halogens is 3. The van der Waals surface area contributed by atoms with E-state index in [1.807, 2.05) is 4.90 Å². The fourth-order valence-corrected chi connectivity index (χ4v) is 4.88. The van der Waals surface area contributed by atoms with Gasteiger partial charge < -0.3 is 34.9 Å². The molecule has 4 rings (SSSR count). The molecule has 1 aromatic carbocycles. The molecule has 0 radical (unpaired) electrons. The number of benzene rings is 1. The number of amides is 1. The lowest BCUT2D eigenvalue weighted by atomic mass is 10.1. The van der Waals surface area contributed by atoms with Gasteiger partial charge in [-0.2, -0.15) is 0 Å². The van der Waals surface area contributed by atoms with Crippen molar-refractivity contribution in [2.75, 3.05) is 68.6 Å². The number of aliphatic hydroxyl groups is 1. The van der Waals surface area contributed by atoms with Crippen LogP contribution in [0, 0.1) is 0 Å². The molecule has 1 atom stereocenters. The second-order valence-electron chi connectivity index (χ2n) is 8.60. The van der Waals surface area contributed by atoms with Crippen LogP contribution in [0.2, 0.25) is 0 Å². The topological polar surface area (TPSA) is 121 Å². The average molecular weight is 547 g/mol. The molecule has 2 aliphatic rings. The number of piperidine rings is 1. The van der Waals surface area contributed by atoms with Gasteiger partial charge in [-0.15, -0.1) is 23.4 Å². The molecule has 3 N–H and O–H groups in total. The van der Waals surface area contributed by atoms with Crippen molar-refractivity contribution in [2.24, 2.45) is 0 Å². The standard InChI is InChI=1S/C22H29F3N6O5S/c1-34-15-4-6-31(7-5-15)21-29-28-20(37-21)27-19(33)14-2-3-17(36-22(23,24)25)16(12-14)26-18(32)13-30-8-10-35-11-9-30/h2-3,12,15,19,33H,4-11,13H2,1H3,(H,26,32)(H,27,28). The molecule has 2 aromatic rings. The van der Waals surface area contributed by atoms with Gasteiger partial charge in [0.1, 0.15) is 0 Å². The van der Waals surface area contributed by atoms with Crippen LogP contribution in [0.4, 0.5) is 29.1 Å². The Morgan fingerprint density at radius 1 is 1.24 bits per heavy atom. The smallest absolute Gasteiger partial charge is 0.404 e. The van der Waals surface area contributed by atoms with E-state index in [1.165, 1.54) is 23.5 Å². The number of nitrogens with zero attached hydrogens (tertiary/aromatic N) is 4. The summed E-state index contributed by atoms with van der Waals surface area (Å²) in [5.74, 6) is -1.10. The molecule has 1 unspecified atom stereocenters. The molecule has 1 amide bonds. The van der Waals surface area contributed by atoms with E-state index in [2.05, 4.69) is 30.5 Å². The minimum absolute atomic E-state index is 0.0188. The normalized spacial score (nSPS) is 18.5. The summed E-state index contributed by atoms with van der Waals surface area (Å²) >= 11 is 1.25. The molecule has 0 saturated carbocycles. The van der Waals surface area contributed by atoms with Crippen LogP contribution in [0.5, 0.6) is 5.75 Å². The SMILES string of the molecule is COC1CCN(c2nnc(NC(O)c3ccc(OC(F)(F)F)c(NC(=O)CN4CCOCC4)c3)s2)CC1. The largest absolute Gasteiger partial charge is 0.573 e. The second-order valence-corrected chi connectivity index (χ2v) is 9.55. The number of carbonyl (C=O) groups is 1. The number of morpholine rings is 1. The summed E-state index contributed by atoms with van der Waals surface area (Å²) in [5, 5.41) is 25.2. The maximum atomic E-state index is 12.9. The third-order valence-electron chi connectivity index (χ3n) is 6.01. The first-order chi connectivity index (χ1) is 17.7. The number of hydrogen-bond donors (Lipinski definition) is 3. The zero-order valence-corrected chi connectivity index (χ0v) is 21.0. The minimum atomic E-state index is -4.96. The molecule has 15 heteroatoms. The molecule has 37 heavy (non-hydrogen) atoms. The molecule has 204 valence electrons. The summed E-state index contributed by atoms with van der Waals surface area (Å²) in [6, 6.07) is 3.55. The van der Waals surface area contributed by atoms with Crippen molar-refractivity contribution in [3.63, 3.8) is 0 Å². The van der Waals surface area contributed by atoms with Crippen molar-refractivity contribution in [1.82, 2.24) is 15.1 Å². The van der Waals surface area contributed by atoms with Gasteiger partial charge in [0.05, 0.1) is 31.5 Å². The Kier molecular flexibility index (Phi) is 9.02. The quantitative estimate of drug-likeness (QED) is 0.405. The first-order valence-electron chi connectivity index (χ1n) is 11.8. The number of ether oxygens (including phenoxy) is 3. The van der Waals surface area contributed by atoms with Crippen LogP contribution in [0.1, 0.15) is 24.6 Å². The summed E-state index contributed by atoms with van der Waals surface area (Å²) < 4.78 is 53.5. The first kappa shape index (κ1) is 27.3. The van der Waals surface area contributed by atoms with Crippen molar-refractivity contribution in [2.45, 2.75) is 31.5 Å². The van der Waals surface area contributed by atoms with Gasteiger partial charge in [0, 0.05) is 38.9 Å². The van der Waals surface area contributed by atoms with Crippen LogP contribution in [0.15, 0.2) is 18.2 Å². The molecule has 0 bridgehead atoms. The third-order valence-corrected chi connectivity index (χ3v) is 6.93. The van der Waals surface area contributed by atoms with Gasteiger partial charge in [-0.25, -0.2) is 0 Å². The van der Waals surface area contributed by atoms with Crippen molar-refractivity contribution in [3.05, 3.63) is 23.8 Å². The number of nitrogens with one attached hydrogen (secondary N) is 2. The number of methoxy groups -OCH3 is 1. The van der Waals surface area contributed by atoms with Crippen LogP contribution in [0.3, 0.4) is 0 Å². The van der Waals surface area contributed by atoms with Gasteiger partial charge >= 0.3 is 6.36 Å². The van der Waals surface area contributed by atoms with Crippen LogP contribution in [-0.4, -0.2) is 91.6 Å². The van der Waals surface area contributed by atoms with Gasteiger partial charge in [-0.3, -0.25) is 9.69 Å². The highest BCUT2D eigenvalue weighted by Gasteiger charge is 2.33. The van der Waals surface area contributed by atoms with Crippen molar-refractivity contribution in [3.8, 4) is 5.75 Å². The van der Waals surface area contributed by atoms with E-state index in [4.69, 9.17) is 9.47 Å². The molecular formula is C22H29F3N6O5S. The Balaban J connectivity index is 1.43. The second kappa shape index (κ2) is 12.2. The predicted molar refractivity (Wildman–Crippen MR) is 130 cm³/mol. The lowest BCUT2D eigenvalue weighted by Crippen LogP contribution is -2.41. The molecule has 0 spiro atoms. The number of alkyl halides is 3. The summed E-state index contributed by atoms with van der Waals surface area (Å²) in [7, 11) is 1.69. The van der Waals surface area contributed by atoms with Crippen LogP contribution in [0.25, 0.3) is 0 Å². The molecule has 2 saturated heterocycles. The Morgan fingerprint density at radius 2 is 1.97 bits per heavy atom. The van der Waals surface area contributed by atoms with E-state index in [1.54, 1.807) is 7.11 Å². The Hall–Kier alpha value is -2.72.